The number of nitrogens with one attached hydrogen (secondary N) is 1. The average molecular weight is 271 g/mol. The van der Waals surface area contributed by atoms with Crippen LogP contribution in [0.15, 0.2) is 6.07 Å². The summed E-state index contributed by atoms with van der Waals surface area (Å²) in [6.45, 7) is 8.71. The zero-order valence-electron chi connectivity index (χ0n) is 11.0. The molecule has 0 saturated carbocycles. The van der Waals surface area contributed by atoms with Gasteiger partial charge in [0.25, 0.3) is 0 Å². The Morgan fingerprint density at radius 3 is 2.67 bits per heavy atom. The highest BCUT2D eigenvalue weighted by Gasteiger charge is 2.15. The van der Waals surface area contributed by atoms with Crippen molar-refractivity contribution in [3.63, 3.8) is 0 Å². The molecule has 0 radical (unpaired) electrons. The molecule has 1 heterocycles. The molecule has 1 fully saturated rings. The van der Waals surface area contributed by atoms with Gasteiger partial charge < -0.3 is 10.2 Å². The topological polar surface area (TPSA) is 15.3 Å². The minimum atomic E-state index is -0.0907. The lowest BCUT2D eigenvalue weighted by Gasteiger charge is -2.27. The van der Waals surface area contributed by atoms with Gasteiger partial charge in [0, 0.05) is 37.7 Å². The van der Waals surface area contributed by atoms with Crippen molar-refractivity contribution in [1.82, 2.24) is 10.2 Å². The fraction of sp³-hybridized carbons (Fsp3) is 0.571. The molecule has 1 aromatic carbocycles. The molecule has 18 heavy (non-hydrogen) atoms. The summed E-state index contributed by atoms with van der Waals surface area (Å²) in [5.74, 6) is -0.0907. The van der Waals surface area contributed by atoms with E-state index in [-0.39, 0.29) is 5.82 Å². The minimum Gasteiger partial charge on any atom is -0.314 e. The van der Waals surface area contributed by atoms with Crippen LogP contribution in [0.3, 0.4) is 0 Å². The molecule has 0 atom stereocenters. The van der Waals surface area contributed by atoms with Crippen molar-refractivity contribution < 1.29 is 4.39 Å². The number of piperazine rings is 1. The summed E-state index contributed by atoms with van der Waals surface area (Å²) in [6.07, 6.45) is 0.735. The number of hydrogen-bond acceptors (Lipinski definition) is 2. The molecule has 2 nitrogen and oxygen atoms in total. The lowest BCUT2D eigenvalue weighted by Crippen LogP contribution is -2.44. The van der Waals surface area contributed by atoms with E-state index in [2.05, 4.69) is 10.2 Å². The van der Waals surface area contributed by atoms with E-state index in [1.54, 1.807) is 13.0 Å². The molecule has 4 heteroatoms. The largest absolute Gasteiger partial charge is 0.314 e. The Hall–Kier alpha value is -0.640. The molecule has 0 amide bonds. The van der Waals surface area contributed by atoms with Gasteiger partial charge in [-0.25, -0.2) is 4.39 Å². The van der Waals surface area contributed by atoms with E-state index in [4.69, 9.17) is 11.6 Å². The molecule has 1 aliphatic rings. The summed E-state index contributed by atoms with van der Waals surface area (Å²) in [5, 5.41) is 3.99. The Balaban J connectivity index is 2.08. The number of hydrogen-bond donors (Lipinski definition) is 1. The van der Waals surface area contributed by atoms with Gasteiger partial charge in [-0.05, 0) is 43.0 Å². The standard InChI is InChI=1S/C14H20ClFN2/c1-10-9-13(15)11(2)12(14(10)16)3-6-18-7-4-17-5-8-18/h9,17H,3-8H2,1-2H3. The predicted molar refractivity (Wildman–Crippen MR) is 73.9 cm³/mol. The lowest BCUT2D eigenvalue weighted by molar-refractivity contribution is 0.243. The predicted octanol–water partition coefficient (Wildman–Crippen LogP) is 2.54. The molecule has 0 aliphatic carbocycles. The Kier molecular flexibility index (Phi) is 4.60. The molecular weight excluding hydrogens is 251 g/mol. The van der Waals surface area contributed by atoms with Gasteiger partial charge in [-0.3, -0.25) is 0 Å². The number of benzene rings is 1. The van der Waals surface area contributed by atoms with Crippen LogP contribution in [0.4, 0.5) is 4.39 Å². The van der Waals surface area contributed by atoms with Crippen LogP contribution < -0.4 is 5.32 Å². The molecule has 1 aliphatic heterocycles. The van der Waals surface area contributed by atoms with Gasteiger partial charge in [0.05, 0.1) is 0 Å². The first-order chi connectivity index (χ1) is 8.59. The van der Waals surface area contributed by atoms with E-state index in [1.165, 1.54) is 0 Å². The van der Waals surface area contributed by atoms with Crippen LogP contribution in [0.5, 0.6) is 0 Å². The second-order valence-corrected chi connectivity index (χ2v) is 5.34. The van der Waals surface area contributed by atoms with Gasteiger partial charge in [-0.1, -0.05) is 11.6 Å². The lowest BCUT2D eigenvalue weighted by atomic mass is 10.0. The van der Waals surface area contributed by atoms with Crippen LogP contribution in [0.25, 0.3) is 0 Å². The van der Waals surface area contributed by atoms with Crippen molar-refractivity contribution in [3.8, 4) is 0 Å². The zero-order valence-corrected chi connectivity index (χ0v) is 11.8. The third-order valence-corrected chi connectivity index (χ3v) is 4.05. The van der Waals surface area contributed by atoms with Crippen molar-refractivity contribution in [2.75, 3.05) is 32.7 Å². The molecule has 0 bridgehead atoms. The molecule has 1 saturated heterocycles. The van der Waals surface area contributed by atoms with E-state index >= 15 is 0 Å². The maximum atomic E-state index is 14.1. The summed E-state index contributed by atoms with van der Waals surface area (Å²) in [5.41, 5.74) is 2.30. The van der Waals surface area contributed by atoms with E-state index in [0.717, 1.165) is 50.3 Å². The van der Waals surface area contributed by atoms with E-state index in [0.29, 0.717) is 10.6 Å². The second-order valence-electron chi connectivity index (χ2n) is 4.93. The Labute approximate surface area is 113 Å². The fourth-order valence-corrected chi connectivity index (χ4v) is 2.69. The van der Waals surface area contributed by atoms with Crippen LogP contribution >= 0.6 is 11.6 Å². The number of rotatable bonds is 3. The van der Waals surface area contributed by atoms with Gasteiger partial charge in [0.15, 0.2) is 0 Å². The fourth-order valence-electron chi connectivity index (χ4n) is 2.41. The van der Waals surface area contributed by atoms with E-state index in [9.17, 15) is 4.39 Å². The monoisotopic (exact) mass is 270 g/mol. The van der Waals surface area contributed by atoms with E-state index < -0.39 is 0 Å². The molecule has 2 rings (SSSR count). The molecule has 100 valence electrons. The first-order valence-corrected chi connectivity index (χ1v) is 6.84. The van der Waals surface area contributed by atoms with Crippen LogP contribution in [0, 0.1) is 19.7 Å². The normalized spacial score (nSPS) is 17.1. The average Bonchev–Trinajstić information content (AvgIpc) is 2.38. The van der Waals surface area contributed by atoms with Crippen LogP contribution in [-0.2, 0) is 6.42 Å². The number of halogens is 2. The molecule has 1 N–H and O–H groups in total. The van der Waals surface area contributed by atoms with Gasteiger partial charge in [-0.2, -0.15) is 0 Å². The summed E-state index contributed by atoms with van der Waals surface area (Å²) >= 11 is 6.12. The first kappa shape index (κ1) is 13.8. The smallest absolute Gasteiger partial charge is 0.129 e. The third-order valence-electron chi connectivity index (χ3n) is 3.65. The maximum absolute atomic E-state index is 14.1. The SMILES string of the molecule is Cc1cc(Cl)c(C)c(CCN2CCNCC2)c1F. The van der Waals surface area contributed by atoms with Gasteiger partial charge in [-0.15, -0.1) is 0 Å². The summed E-state index contributed by atoms with van der Waals surface area (Å²) in [4.78, 5) is 2.37. The molecule has 0 unspecified atom stereocenters. The second kappa shape index (κ2) is 6.00. The number of aryl methyl sites for hydroxylation is 1. The summed E-state index contributed by atoms with van der Waals surface area (Å²) < 4.78 is 14.1. The van der Waals surface area contributed by atoms with Crippen LogP contribution in [0.2, 0.25) is 5.02 Å². The number of nitrogens with zero attached hydrogens (tertiary/aromatic N) is 1. The summed E-state index contributed by atoms with van der Waals surface area (Å²) in [6, 6.07) is 1.71. The summed E-state index contributed by atoms with van der Waals surface area (Å²) in [7, 11) is 0. The Morgan fingerprint density at radius 2 is 2.00 bits per heavy atom. The molecule has 0 spiro atoms. The Morgan fingerprint density at radius 1 is 1.33 bits per heavy atom. The van der Waals surface area contributed by atoms with Crippen molar-refractivity contribution in [1.29, 1.82) is 0 Å². The zero-order chi connectivity index (χ0) is 13.1. The van der Waals surface area contributed by atoms with Crippen molar-refractivity contribution in [2.24, 2.45) is 0 Å². The van der Waals surface area contributed by atoms with Crippen LogP contribution in [-0.4, -0.2) is 37.6 Å². The maximum Gasteiger partial charge on any atom is 0.129 e. The quantitative estimate of drug-likeness (QED) is 0.908. The highest BCUT2D eigenvalue weighted by molar-refractivity contribution is 6.31. The highest BCUT2D eigenvalue weighted by atomic mass is 35.5. The highest BCUT2D eigenvalue weighted by Crippen LogP contribution is 2.25. The minimum absolute atomic E-state index is 0.0907. The van der Waals surface area contributed by atoms with Gasteiger partial charge >= 0.3 is 0 Å². The van der Waals surface area contributed by atoms with Crippen molar-refractivity contribution >= 4 is 11.6 Å². The van der Waals surface area contributed by atoms with Crippen molar-refractivity contribution in [3.05, 3.63) is 33.6 Å². The van der Waals surface area contributed by atoms with Crippen LogP contribution in [0.1, 0.15) is 16.7 Å². The molecular formula is C14H20ClFN2. The van der Waals surface area contributed by atoms with E-state index in [1.807, 2.05) is 6.92 Å². The van der Waals surface area contributed by atoms with Gasteiger partial charge in [0.1, 0.15) is 5.82 Å². The third kappa shape index (κ3) is 3.02. The van der Waals surface area contributed by atoms with Crippen molar-refractivity contribution in [2.45, 2.75) is 20.3 Å². The van der Waals surface area contributed by atoms with Gasteiger partial charge in [0.2, 0.25) is 0 Å². The Bertz CT molecular complexity index is 402. The molecule has 0 aromatic heterocycles. The first-order valence-electron chi connectivity index (χ1n) is 6.46. The molecule has 1 aromatic rings.